The Bertz CT molecular complexity index is 1030. The predicted octanol–water partition coefficient (Wildman–Crippen LogP) is 4.29. The molecule has 3 aromatic rings. The van der Waals surface area contributed by atoms with Crippen LogP contribution in [0.1, 0.15) is 4.88 Å². The van der Waals surface area contributed by atoms with E-state index in [0.717, 1.165) is 15.1 Å². The molecule has 0 N–H and O–H groups in total. The van der Waals surface area contributed by atoms with Gasteiger partial charge in [-0.1, -0.05) is 29.0 Å². The summed E-state index contributed by atoms with van der Waals surface area (Å²) in [4.78, 5) is 18.2. The molecule has 5 nitrogen and oxygen atoms in total. The molecule has 2 heterocycles. The van der Waals surface area contributed by atoms with E-state index in [2.05, 4.69) is 11.6 Å². The summed E-state index contributed by atoms with van der Waals surface area (Å²) in [6.45, 7) is 4.30. The number of nitrogens with zero attached hydrogens (tertiary/aromatic N) is 2. The number of hydrogen-bond donors (Lipinski definition) is 0. The van der Waals surface area contributed by atoms with Crippen LogP contribution in [0.25, 0.3) is 10.2 Å². The maximum atomic E-state index is 12.4. The van der Waals surface area contributed by atoms with E-state index in [1.165, 1.54) is 22.7 Å². The van der Waals surface area contributed by atoms with Gasteiger partial charge in [0.05, 0.1) is 25.0 Å². The zero-order valence-corrected chi connectivity index (χ0v) is 16.7. The van der Waals surface area contributed by atoms with Gasteiger partial charge < -0.3 is 14.0 Å². The molecule has 0 unspecified atom stereocenters. The predicted molar refractivity (Wildman–Crippen MR) is 107 cm³/mol. The van der Waals surface area contributed by atoms with Crippen molar-refractivity contribution in [3.05, 3.63) is 50.9 Å². The smallest absolute Gasteiger partial charge is 0.253 e. The number of rotatable bonds is 6. The summed E-state index contributed by atoms with van der Waals surface area (Å²) in [5.74, 6) is 1.17. The molecule has 1 aromatic carbocycles. The van der Waals surface area contributed by atoms with E-state index in [-0.39, 0.29) is 12.3 Å². The Hall–Kier alpha value is -2.09. The van der Waals surface area contributed by atoms with Crippen molar-refractivity contribution in [3.63, 3.8) is 0 Å². The van der Waals surface area contributed by atoms with E-state index < -0.39 is 0 Å². The minimum atomic E-state index is -0.231. The first-order valence-electron chi connectivity index (χ1n) is 7.74. The van der Waals surface area contributed by atoms with Crippen molar-refractivity contribution in [2.24, 2.45) is 4.99 Å². The number of methoxy groups -OCH3 is 2. The van der Waals surface area contributed by atoms with Crippen LogP contribution in [0.3, 0.4) is 0 Å². The SMILES string of the molecule is C=CCn1c(=NC(=O)Cc2ccc(Cl)s2)sc2c(OC)ccc(OC)c21. The second-order valence-corrected chi connectivity index (χ2v) is 8.10. The molecule has 8 heteroatoms. The number of thiophene rings is 1. The van der Waals surface area contributed by atoms with Gasteiger partial charge >= 0.3 is 0 Å². The lowest BCUT2D eigenvalue weighted by Crippen LogP contribution is -2.17. The molecule has 1 amide bonds. The van der Waals surface area contributed by atoms with Gasteiger partial charge in [-0.05, 0) is 24.3 Å². The van der Waals surface area contributed by atoms with Gasteiger partial charge in [-0.3, -0.25) is 4.79 Å². The number of benzene rings is 1. The van der Waals surface area contributed by atoms with Crippen LogP contribution in [-0.2, 0) is 17.8 Å². The van der Waals surface area contributed by atoms with Crippen LogP contribution >= 0.6 is 34.3 Å². The molecule has 0 fully saturated rings. The molecular weight excluding hydrogens is 392 g/mol. The van der Waals surface area contributed by atoms with Crippen LogP contribution in [0.4, 0.5) is 0 Å². The fourth-order valence-electron chi connectivity index (χ4n) is 2.58. The fourth-order valence-corrected chi connectivity index (χ4v) is 4.82. The highest BCUT2D eigenvalue weighted by atomic mass is 35.5. The normalized spacial score (nSPS) is 11.7. The van der Waals surface area contributed by atoms with E-state index in [0.29, 0.717) is 27.2 Å². The Labute approximate surface area is 163 Å². The lowest BCUT2D eigenvalue weighted by atomic mass is 10.3. The molecule has 0 saturated heterocycles. The molecule has 136 valence electrons. The number of carbonyl (C=O) groups excluding carboxylic acids is 1. The number of hydrogen-bond acceptors (Lipinski definition) is 5. The average molecular weight is 409 g/mol. The number of amides is 1. The Morgan fingerprint density at radius 2 is 1.96 bits per heavy atom. The van der Waals surface area contributed by atoms with Gasteiger partial charge in [0.25, 0.3) is 5.91 Å². The maximum absolute atomic E-state index is 12.4. The van der Waals surface area contributed by atoms with E-state index in [1.807, 2.05) is 22.8 Å². The van der Waals surface area contributed by atoms with Crippen molar-refractivity contribution in [2.45, 2.75) is 13.0 Å². The number of thiazole rings is 1. The largest absolute Gasteiger partial charge is 0.495 e. The van der Waals surface area contributed by atoms with Crippen LogP contribution in [-0.4, -0.2) is 24.7 Å². The quantitative estimate of drug-likeness (QED) is 0.571. The van der Waals surface area contributed by atoms with Crippen molar-refractivity contribution in [3.8, 4) is 11.5 Å². The van der Waals surface area contributed by atoms with Gasteiger partial charge in [0.1, 0.15) is 21.7 Å². The van der Waals surface area contributed by atoms with Crippen LogP contribution in [0.15, 0.2) is 41.9 Å². The number of ether oxygens (including phenoxy) is 2. The lowest BCUT2D eigenvalue weighted by molar-refractivity contribution is -0.117. The Morgan fingerprint density at radius 1 is 1.23 bits per heavy atom. The third-order valence-electron chi connectivity index (χ3n) is 3.68. The molecule has 0 aliphatic rings. The van der Waals surface area contributed by atoms with Crippen LogP contribution < -0.4 is 14.3 Å². The lowest BCUT2D eigenvalue weighted by Gasteiger charge is -2.08. The molecule has 0 saturated carbocycles. The highest BCUT2D eigenvalue weighted by Gasteiger charge is 2.16. The van der Waals surface area contributed by atoms with Crippen molar-refractivity contribution >= 4 is 50.4 Å². The third-order valence-corrected chi connectivity index (χ3v) is 6.00. The maximum Gasteiger partial charge on any atom is 0.253 e. The Kier molecular flexibility index (Phi) is 5.80. The number of halogens is 1. The zero-order valence-electron chi connectivity index (χ0n) is 14.3. The van der Waals surface area contributed by atoms with E-state index in [9.17, 15) is 4.79 Å². The minimum Gasteiger partial charge on any atom is -0.495 e. The van der Waals surface area contributed by atoms with Gasteiger partial charge in [0.2, 0.25) is 0 Å². The number of carbonyl (C=O) groups is 1. The van der Waals surface area contributed by atoms with Crippen molar-refractivity contribution in [1.29, 1.82) is 0 Å². The highest BCUT2D eigenvalue weighted by molar-refractivity contribution is 7.17. The summed E-state index contributed by atoms with van der Waals surface area (Å²) in [6, 6.07) is 7.30. The van der Waals surface area contributed by atoms with Gasteiger partial charge in [0.15, 0.2) is 4.80 Å². The van der Waals surface area contributed by atoms with Gasteiger partial charge in [-0.25, -0.2) is 0 Å². The van der Waals surface area contributed by atoms with Gasteiger partial charge in [0, 0.05) is 11.4 Å². The molecule has 26 heavy (non-hydrogen) atoms. The monoisotopic (exact) mass is 408 g/mol. The standard InChI is InChI=1S/C18H17ClN2O3S2/c1-4-9-21-16-12(23-2)6-7-13(24-3)17(16)26-18(21)20-15(22)10-11-5-8-14(19)25-11/h4-8H,1,9-10H2,2-3H3. The summed E-state index contributed by atoms with van der Waals surface area (Å²) in [5.41, 5.74) is 0.836. The molecule has 0 aliphatic heterocycles. The first kappa shape index (κ1) is 18.7. The number of aromatic nitrogens is 1. The molecule has 2 aromatic heterocycles. The molecule has 0 spiro atoms. The van der Waals surface area contributed by atoms with Gasteiger partial charge in [-0.15, -0.1) is 17.9 Å². The molecule has 0 bridgehead atoms. The van der Waals surface area contributed by atoms with Crippen molar-refractivity contribution in [2.75, 3.05) is 14.2 Å². The van der Waals surface area contributed by atoms with E-state index in [4.69, 9.17) is 21.1 Å². The Morgan fingerprint density at radius 3 is 2.58 bits per heavy atom. The number of fused-ring (bicyclic) bond motifs is 1. The first-order chi connectivity index (χ1) is 12.6. The van der Waals surface area contributed by atoms with Crippen LogP contribution in [0.2, 0.25) is 4.34 Å². The summed E-state index contributed by atoms with van der Waals surface area (Å²) in [5, 5.41) is 0. The first-order valence-corrected chi connectivity index (χ1v) is 9.75. The summed E-state index contributed by atoms with van der Waals surface area (Å²) in [6.07, 6.45) is 1.97. The number of allylic oxidation sites excluding steroid dienone is 1. The van der Waals surface area contributed by atoms with Crippen LogP contribution in [0.5, 0.6) is 11.5 Å². The zero-order chi connectivity index (χ0) is 18.7. The van der Waals surface area contributed by atoms with Crippen molar-refractivity contribution < 1.29 is 14.3 Å². The summed E-state index contributed by atoms with van der Waals surface area (Å²) >= 11 is 8.70. The average Bonchev–Trinajstić information content (AvgIpc) is 3.18. The van der Waals surface area contributed by atoms with E-state index in [1.54, 1.807) is 26.4 Å². The molecule has 0 radical (unpaired) electrons. The molecule has 3 rings (SSSR count). The third kappa shape index (κ3) is 3.70. The second kappa shape index (κ2) is 8.07. The topological polar surface area (TPSA) is 52.8 Å². The van der Waals surface area contributed by atoms with Gasteiger partial charge in [-0.2, -0.15) is 4.99 Å². The molecular formula is C18H17ClN2O3S2. The second-order valence-electron chi connectivity index (χ2n) is 5.32. The van der Waals surface area contributed by atoms with E-state index >= 15 is 0 Å². The highest BCUT2D eigenvalue weighted by Crippen LogP contribution is 2.35. The minimum absolute atomic E-state index is 0.216. The van der Waals surface area contributed by atoms with Crippen LogP contribution in [0, 0.1) is 0 Å². The fraction of sp³-hybridized carbons (Fsp3) is 0.222. The summed E-state index contributed by atoms with van der Waals surface area (Å²) < 4.78 is 14.4. The molecule has 0 aliphatic carbocycles. The summed E-state index contributed by atoms with van der Waals surface area (Å²) in [7, 11) is 3.22. The Balaban J connectivity index is 2.13. The molecule has 0 atom stereocenters. The van der Waals surface area contributed by atoms with Crippen molar-refractivity contribution in [1.82, 2.24) is 4.57 Å².